The highest BCUT2D eigenvalue weighted by molar-refractivity contribution is 7.91. The van der Waals surface area contributed by atoms with Crippen LogP contribution in [0.2, 0.25) is 0 Å². The minimum absolute atomic E-state index is 0.00855. The molecule has 1 rings (SSSR count). The van der Waals surface area contributed by atoms with Crippen molar-refractivity contribution in [1.29, 1.82) is 0 Å². The normalized spacial score (nSPS) is 11.8. The monoisotopic (exact) mass is 308 g/mol. The van der Waals surface area contributed by atoms with Gasteiger partial charge in [0.1, 0.15) is 4.21 Å². The standard InChI is InChI=1S/C9H16N4O4S2/c1-6(2)3-4-11-19(16,17)8-5-7(13(14)15)9(12-10)18-8/h5-6,11-12H,3-4,10H2,1-2H3. The number of nitrogens with zero attached hydrogens (tertiary/aromatic N) is 1. The van der Waals surface area contributed by atoms with E-state index >= 15 is 0 Å². The number of nitrogens with one attached hydrogen (secondary N) is 2. The maximum absolute atomic E-state index is 11.9. The molecule has 0 aromatic carbocycles. The predicted octanol–water partition coefficient (Wildman–Crippen LogP) is 1.27. The van der Waals surface area contributed by atoms with Gasteiger partial charge in [0.05, 0.1) is 4.92 Å². The third-order valence-corrected chi connectivity index (χ3v) is 5.29. The summed E-state index contributed by atoms with van der Waals surface area (Å²) in [5, 5.41) is 10.7. The van der Waals surface area contributed by atoms with Gasteiger partial charge in [-0.1, -0.05) is 25.2 Å². The van der Waals surface area contributed by atoms with Gasteiger partial charge in [0.15, 0.2) is 5.00 Å². The molecule has 0 aliphatic heterocycles. The molecule has 1 aromatic rings. The van der Waals surface area contributed by atoms with Crippen molar-refractivity contribution in [3.05, 3.63) is 16.2 Å². The van der Waals surface area contributed by atoms with Crippen LogP contribution in [-0.4, -0.2) is 19.9 Å². The van der Waals surface area contributed by atoms with Crippen LogP contribution >= 0.6 is 11.3 Å². The van der Waals surface area contributed by atoms with E-state index in [-0.39, 0.29) is 21.4 Å². The summed E-state index contributed by atoms with van der Waals surface area (Å²) in [7, 11) is -3.73. The number of hydrogen-bond donors (Lipinski definition) is 3. The van der Waals surface area contributed by atoms with Crippen molar-refractivity contribution >= 4 is 32.0 Å². The molecular weight excluding hydrogens is 292 g/mol. The van der Waals surface area contributed by atoms with Gasteiger partial charge >= 0.3 is 5.69 Å². The van der Waals surface area contributed by atoms with E-state index in [1.165, 1.54) is 0 Å². The van der Waals surface area contributed by atoms with Gasteiger partial charge in [-0.2, -0.15) is 0 Å². The summed E-state index contributed by atoms with van der Waals surface area (Å²) in [6.45, 7) is 4.23. The molecule has 0 saturated heterocycles. The van der Waals surface area contributed by atoms with Gasteiger partial charge < -0.3 is 5.43 Å². The van der Waals surface area contributed by atoms with E-state index in [0.29, 0.717) is 12.3 Å². The largest absolute Gasteiger partial charge is 0.310 e. The number of thiophene rings is 1. The molecule has 0 unspecified atom stereocenters. The second-order valence-corrected chi connectivity index (χ2v) is 7.31. The van der Waals surface area contributed by atoms with Crippen LogP contribution < -0.4 is 16.0 Å². The molecule has 108 valence electrons. The van der Waals surface area contributed by atoms with Crippen molar-refractivity contribution in [2.24, 2.45) is 11.8 Å². The van der Waals surface area contributed by atoms with E-state index in [9.17, 15) is 18.5 Å². The van der Waals surface area contributed by atoms with Crippen molar-refractivity contribution in [1.82, 2.24) is 4.72 Å². The number of nitro groups is 1. The molecule has 0 bridgehead atoms. The second kappa shape index (κ2) is 6.28. The smallest absolute Gasteiger partial charge is 0.306 e. The van der Waals surface area contributed by atoms with E-state index in [1.54, 1.807) is 0 Å². The zero-order valence-electron chi connectivity index (χ0n) is 10.5. The van der Waals surface area contributed by atoms with Gasteiger partial charge in [0.2, 0.25) is 10.0 Å². The van der Waals surface area contributed by atoms with Crippen LogP contribution in [0, 0.1) is 16.0 Å². The maximum Gasteiger partial charge on any atom is 0.306 e. The van der Waals surface area contributed by atoms with Gasteiger partial charge in [-0.25, -0.2) is 19.0 Å². The van der Waals surface area contributed by atoms with Gasteiger partial charge in [-0.05, 0) is 12.3 Å². The summed E-state index contributed by atoms with van der Waals surface area (Å²) in [5.74, 6) is 5.49. The Labute approximate surface area is 115 Å². The van der Waals surface area contributed by atoms with Crippen molar-refractivity contribution < 1.29 is 13.3 Å². The minimum atomic E-state index is -3.73. The average molecular weight is 308 g/mol. The number of nitrogens with two attached hydrogens (primary N) is 1. The number of rotatable bonds is 7. The maximum atomic E-state index is 11.9. The van der Waals surface area contributed by atoms with Crippen LogP contribution in [0.5, 0.6) is 0 Å². The van der Waals surface area contributed by atoms with Crippen LogP contribution in [-0.2, 0) is 10.0 Å². The summed E-state index contributed by atoms with van der Waals surface area (Å²) in [5.41, 5.74) is 1.78. The first-order valence-electron chi connectivity index (χ1n) is 5.52. The number of anilines is 1. The lowest BCUT2D eigenvalue weighted by atomic mass is 10.1. The summed E-state index contributed by atoms with van der Waals surface area (Å²) >= 11 is 0.725. The Balaban J connectivity index is 2.92. The van der Waals surface area contributed by atoms with E-state index in [4.69, 9.17) is 5.84 Å². The Kier molecular flexibility index (Phi) is 5.23. The van der Waals surface area contributed by atoms with Gasteiger partial charge in [0, 0.05) is 12.6 Å². The Morgan fingerprint density at radius 3 is 2.58 bits per heavy atom. The van der Waals surface area contributed by atoms with E-state index in [2.05, 4.69) is 10.1 Å². The molecule has 0 radical (unpaired) electrons. The number of sulfonamides is 1. The quantitative estimate of drug-likeness (QED) is 0.395. The summed E-state index contributed by atoms with van der Waals surface area (Å²) < 4.78 is 26.1. The highest BCUT2D eigenvalue weighted by Gasteiger charge is 2.25. The van der Waals surface area contributed by atoms with Crippen molar-refractivity contribution in [3.8, 4) is 0 Å². The lowest BCUT2D eigenvalue weighted by Crippen LogP contribution is -2.24. The zero-order chi connectivity index (χ0) is 14.6. The fourth-order valence-electron chi connectivity index (χ4n) is 1.28. The highest BCUT2D eigenvalue weighted by Crippen LogP contribution is 2.36. The fourth-order valence-corrected chi connectivity index (χ4v) is 3.61. The third kappa shape index (κ3) is 4.13. The van der Waals surface area contributed by atoms with Gasteiger partial charge in [0.25, 0.3) is 0 Å². The molecular formula is C9H16N4O4S2. The minimum Gasteiger partial charge on any atom is -0.310 e. The van der Waals surface area contributed by atoms with Crippen LogP contribution in [0.3, 0.4) is 0 Å². The van der Waals surface area contributed by atoms with Crippen LogP contribution in [0.25, 0.3) is 0 Å². The Morgan fingerprint density at radius 1 is 1.53 bits per heavy atom. The van der Waals surface area contributed by atoms with Gasteiger partial charge in [-0.15, -0.1) is 0 Å². The van der Waals surface area contributed by atoms with E-state index < -0.39 is 14.9 Å². The van der Waals surface area contributed by atoms with E-state index in [0.717, 1.165) is 17.4 Å². The molecule has 0 amide bonds. The first-order chi connectivity index (χ1) is 8.77. The molecule has 19 heavy (non-hydrogen) atoms. The molecule has 0 atom stereocenters. The lowest BCUT2D eigenvalue weighted by Gasteiger charge is -2.06. The molecule has 0 aliphatic rings. The fraction of sp³-hybridized carbons (Fsp3) is 0.556. The molecule has 4 N–H and O–H groups in total. The molecule has 8 nitrogen and oxygen atoms in total. The summed E-state index contributed by atoms with van der Waals surface area (Å²) in [6.07, 6.45) is 0.689. The number of hydrazine groups is 1. The average Bonchev–Trinajstić information content (AvgIpc) is 2.72. The number of hydrogen-bond acceptors (Lipinski definition) is 7. The molecule has 1 heterocycles. The lowest BCUT2D eigenvalue weighted by molar-refractivity contribution is -0.383. The Morgan fingerprint density at radius 2 is 2.16 bits per heavy atom. The molecule has 0 spiro atoms. The van der Waals surface area contributed by atoms with Crippen molar-refractivity contribution in [3.63, 3.8) is 0 Å². The zero-order valence-corrected chi connectivity index (χ0v) is 12.2. The molecule has 0 saturated carbocycles. The third-order valence-electron chi connectivity index (χ3n) is 2.30. The van der Waals surface area contributed by atoms with Crippen LogP contribution in [0.4, 0.5) is 10.7 Å². The highest BCUT2D eigenvalue weighted by atomic mass is 32.2. The molecule has 0 aliphatic carbocycles. The van der Waals surface area contributed by atoms with Crippen molar-refractivity contribution in [2.75, 3.05) is 12.0 Å². The van der Waals surface area contributed by atoms with Crippen LogP contribution in [0.15, 0.2) is 10.3 Å². The molecule has 0 fully saturated rings. The van der Waals surface area contributed by atoms with Crippen molar-refractivity contribution in [2.45, 2.75) is 24.5 Å². The van der Waals surface area contributed by atoms with E-state index in [1.807, 2.05) is 13.8 Å². The van der Waals surface area contributed by atoms with Crippen LogP contribution in [0.1, 0.15) is 20.3 Å². The number of nitrogen functional groups attached to an aromatic ring is 1. The first-order valence-corrected chi connectivity index (χ1v) is 7.82. The summed E-state index contributed by atoms with van der Waals surface area (Å²) in [6, 6.07) is 0.998. The first kappa shape index (κ1) is 15.8. The molecule has 1 aromatic heterocycles. The summed E-state index contributed by atoms with van der Waals surface area (Å²) in [4.78, 5) is 10.0. The predicted molar refractivity (Wildman–Crippen MR) is 73.4 cm³/mol. The van der Waals surface area contributed by atoms with Gasteiger partial charge in [-0.3, -0.25) is 10.1 Å². The second-order valence-electron chi connectivity index (χ2n) is 4.26. The SMILES string of the molecule is CC(C)CCNS(=O)(=O)c1cc([N+](=O)[O-])c(NN)s1. The Hall–Kier alpha value is -1.23. The topological polar surface area (TPSA) is 127 Å². The molecule has 10 heteroatoms. The Bertz CT molecular complexity index is 553.